The predicted octanol–water partition coefficient (Wildman–Crippen LogP) is 1.44. The van der Waals surface area contributed by atoms with Crippen molar-refractivity contribution in [3.8, 4) is 0 Å². The molecule has 0 bridgehead atoms. The van der Waals surface area contributed by atoms with Crippen molar-refractivity contribution in [3.05, 3.63) is 24.4 Å². The highest BCUT2D eigenvalue weighted by atomic mass is 16.7. The van der Waals surface area contributed by atoms with Gasteiger partial charge in [0, 0.05) is 32.7 Å². The number of cyclic esters (lactones) is 1. The zero-order chi connectivity index (χ0) is 11.6. The molecule has 1 fully saturated rings. The van der Waals surface area contributed by atoms with Crippen LogP contribution in [0.3, 0.4) is 0 Å². The summed E-state index contributed by atoms with van der Waals surface area (Å²) in [5.74, 6) is -1.27. The van der Waals surface area contributed by atoms with Crippen molar-refractivity contribution in [1.82, 2.24) is 4.90 Å². The van der Waals surface area contributed by atoms with Crippen molar-refractivity contribution in [3.63, 3.8) is 0 Å². The summed E-state index contributed by atoms with van der Waals surface area (Å²) < 4.78 is 10.7. The van der Waals surface area contributed by atoms with E-state index in [0.29, 0.717) is 6.42 Å². The molecular formula is C12H17NO3. The quantitative estimate of drug-likeness (QED) is 0.534. The van der Waals surface area contributed by atoms with Crippen LogP contribution in [0.4, 0.5) is 0 Å². The molecule has 0 aromatic heterocycles. The fraction of sp³-hybridized carbons (Fsp3) is 0.583. The average molecular weight is 223 g/mol. The van der Waals surface area contributed by atoms with E-state index in [9.17, 15) is 4.79 Å². The van der Waals surface area contributed by atoms with Crippen molar-refractivity contribution in [2.75, 3.05) is 20.2 Å². The molecule has 4 nitrogen and oxygen atoms in total. The van der Waals surface area contributed by atoms with Gasteiger partial charge >= 0.3 is 5.97 Å². The molecule has 16 heavy (non-hydrogen) atoms. The van der Waals surface area contributed by atoms with Crippen LogP contribution in [-0.4, -0.2) is 36.9 Å². The third-order valence-corrected chi connectivity index (χ3v) is 3.10. The van der Waals surface area contributed by atoms with Gasteiger partial charge in [-0.05, 0) is 12.8 Å². The molecule has 2 aliphatic rings. The van der Waals surface area contributed by atoms with E-state index in [1.54, 1.807) is 19.3 Å². The molecule has 0 radical (unpaired) electrons. The van der Waals surface area contributed by atoms with Crippen molar-refractivity contribution in [1.29, 1.82) is 0 Å². The number of likely N-dealkylation sites (tertiary alicyclic amines) is 1. The number of carbonyl (C=O) groups is 1. The first-order valence-electron chi connectivity index (χ1n) is 5.58. The lowest BCUT2D eigenvalue weighted by molar-refractivity contribution is -0.195. The Kier molecular flexibility index (Phi) is 3.01. The minimum atomic E-state index is -0.941. The fourth-order valence-electron chi connectivity index (χ4n) is 2.32. The number of rotatable bonds is 4. The van der Waals surface area contributed by atoms with E-state index < -0.39 is 5.79 Å². The fourth-order valence-corrected chi connectivity index (χ4v) is 2.32. The maximum absolute atomic E-state index is 11.4. The lowest BCUT2D eigenvalue weighted by Crippen LogP contribution is -2.40. The molecule has 0 saturated carbocycles. The summed E-state index contributed by atoms with van der Waals surface area (Å²) in [5, 5.41) is 0. The van der Waals surface area contributed by atoms with Gasteiger partial charge in [-0.2, -0.15) is 0 Å². The Morgan fingerprint density at radius 2 is 2.31 bits per heavy atom. The number of nitrogens with zero attached hydrogens (tertiary/aromatic N) is 1. The second kappa shape index (κ2) is 4.29. The van der Waals surface area contributed by atoms with Crippen LogP contribution in [0.2, 0.25) is 0 Å². The monoisotopic (exact) mass is 223 g/mol. The topological polar surface area (TPSA) is 38.8 Å². The summed E-state index contributed by atoms with van der Waals surface area (Å²) in [6.07, 6.45) is 6.04. The predicted molar refractivity (Wildman–Crippen MR) is 59.5 cm³/mol. The van der Waals surface area contributed by atoms with Gasteiger partial charge in [0.15, 0.2) is 0 Å². The van der Waals surface area contributed by atoms with Crippen molar-refractivity contribution in [2.45, 2.75) is 25.0 Å². The minimum absolute atomic E-state index is 0.328. The molecule has 1 atom stereocenters. The molecule has 2 aliphatic heterocycles. The molecule has 2 heterocycles. The van der Waals surface area contributed by atoms with E-state index in [-0.39, 0.29) is 5.97 Å². The molecule has 0 aromatic carbocycles. The number of hydrogen-bond acceptors (Lipinski definition) is 4. The molecule has 2 rings (SSSR count). The number of carbonyl (C=O) groups excluding carboxylic acids is 1. The highest BCUT2D eigenvalue weighted by molar-refractivity contribution is 5.86. The van der Waals surface area contributed by atoms with Crippen LogP contribution in [0.5, 0.6) is 0 Å². The van der Waals surface area contributed by atoms with Gasteiger partial charge in [0.05, 0.1) is 5.70 Å². The maximum atomic E-state index is 11.4. The SMILES string of the molecule is C=CCC1(OC)OC(=O)C=C1N1CCCC1. The van der Waals surface area contributed by atoms with E-state index in [0.717, 1.165) is 31.6 Å². The summed E-state index contributed by atoms with van der Waals surface area (Å²) in [6.45, 7) is 5.61. The lowest BCUT2D eigenvalue weighted by atomic mass is 10.1. The second-order valence-electron chi connectivity index (χ2n) is 4.09. The highest BCUT2D eigenvalue weighted by Gasteiger charge is 2.45. The van der Waals surface area contributed by atoms with E-state index >= 15 is 0 Å². The Morgan fingerprint density at radius 1 is 1.62 bits per heavy atom. The van der Waals surface area contributed by atoms with E-state index in [1.807, 2.05) is 0 Å². The largest absolute Gasteiger partial charge is 0.423 e. The van der Waals surface area contributed by atoms with Crippen LogP contribution in [0.15, 0.2) is 24.4 Å². The van der Waals surface area contributed by atoms with E-state index in [2.05, 4.69) is 11.5 Å². The summed E-state index contributed by atoms with van der Waals surface area (Å²) >= 11 is 0. The Bertz CT molecular complexity index is 331. The third kappa shape index (κ3) is 1.73. The van der Waals surface area contributed by atoms with Crippen molar-refractivity contribution in [2.24, 2.45) is 0 Å². The van der Waals surface area contributed by atoms with Crippen LogP contribution in [-0.2, 0) is 14.3 Å². The van der Waals surface area contributed by atoms with Gasteiger partial charge in [0.25, 0.3) is 5.79 Å². The Balaban J connectivity index is 2.26. The van der Waals surface area contributed by atoms with Crippen molar-refractivity contribution >= 4 is 5.97 Å². The van der Waals surface area contributed by atoms with Crippen molar-refractivity contribution < 1.29 is 14.3 Å². The molecule has 1 unspecified atom stereocenters. The molecule has 0 N–H and O–H groups in total. The van der Waals surface area contributed by atoms with Crippen LogP contribution >= 0.6 is 0 Å². The normalized spacial score (nSPS) is 29.2. The van der Waals surface area contributed by atoms with Gasteiger partial charge in [-0.1, -0.05) is 6.08 Å². The van der Waals surface area contributed by atoms with E-state index in [4.69, 9.17) is 9.47 Å². The molecule has 0 aromatic rings. The molecule has 0 aliphatic carbocycles. The molecule has 0 amide bonds. The number of methoxy groups -OCH3 is 1. The molecule has 1 saturated heterocycles. The number of hydrogen-bond donors (Lipinski definition) is 0. The summed E-state index contributed by atoms with van der Waals surface area (Å²) in [4.78, 5) is 13.6. The zero-order valence-electron chi connectivity index (χ0n) is 9.57. The second-order valence-corrected chi connectivity index (χ2v) is 4.09. The first-order valence-corrected chi connectivity index (χ1v) is 5.58. The van der Waals surface area contributed by atoms with Crippen LogP contribution in [0.25, 0.3) is 0 Å². The van der Waals surface area contributed by atoms with Crippen LogP contribution < -0.4 is 0 Å². The lowest BCUT2D eigenvalue weighted by Gasteiger charge is -2.33. The van der Waals surface area contributed by atoms with Gasteiger partial charge in [-0.25, -0.2) is 4.79 Å². The Morgan fingerprint density at radius 3 is 2.88 bits per heavy atom. The van der Waals surface area contributed by atoms with Gasteiger partial charge in [0.1, 0.15) is 0 Å². The highest BCUT2D eigenvalue weighted by Crippen LogP contribution is 2.36. The van der Waals surface area contributed by atoms with Gasteiger partial charge in [-0.3, -0.25) is 0 Å². The molecular weight excluding hydrogens is 206 g/mol. The average Bonchev–Trinajstić information content (AvgIpc) is 2.86. The summed E-state index contributed by atoms with van der Waals surface area (Å²) in [6, 6.07) is 0. The Labute approximate surface area is 95.5 Å². The van der Waals surface area contributed by atoms with Gasteiger partial charge in [-0.15, -0.1) is 6.58 Å². The number of esters is 1. The summed E-state index contributed by atoms with van der Waals surface area (Å²) in [7, 11) is 1.56. The van der Waals surface area contributed by atoms with Crippen LogP contribution in [0.1, 0.15) is 19.3 Å². The third-order valence-electron chi connectivity index (χ3n) is 3.10. The first kappa shape index (κ1) is 11.2. The smallest absolute Gasteiger partial charge is 0.335 e. The van der Waals surface area contributed by atoms with Gasteiger partial charge in [0.2, 0.25) is 0 Å². The molecule has 4 heteroatoms. The molecule has 0 spiro atoms. The molecule has 88 valence electrons. The zero-order valence-corrected chi connectivity index (χ0v) is 9.57. The van der Waals surface area contributed by atoms with E-state index in [1.165, 1.54) is 0 Å². The van der Waals surface area contributed by atoms with Gasteiger partial charge < -0.3 is 14.4 Å². The maximum Gasteiger partial charge on any atom is 0.335 e. The minimum Gasteiger partial charge on any atom is -0.423 e. The Hall–Kier alpha value is -1.29. The first-order chi connectivity index (χ1) is 7.72. The summed E-state index contributed by atoms with van der Waals surface area (Å²) in [5.41, 5.74) is 0.845. The standard InChI is InChI=1S/C12H17NO3/c1-3-6-12(15-2)10(9-11(14)16-12)13-7-4-5-8-13/h3,9H,1,4-8H2,2H3. The van der Waals surface area contributed by atoms with Crippen LogP contribution in [0, 0.1) is 0 Å². The number of ether oxygens (including phenoxy) is 2.